The molecule has 0 saturated carbocycles. The van der Waals surface area contributed by atoms with Gasteiger partial charge in [0.2, 0.25) is 0 Å². The first kappa shape index (κ1) is 13.7. The van der Waals surface area contributed by atoms with Crippen molar-refractivity contribution in [1.82, 2.24) is 5.32 Å². The van der Waals surface area contributed by atoms with Crippen LogP contribution >= 0.6 is 0 Å². The number of benzene rings is 2. The molecule has 0 saturated heterocycles. The minimum Gasteiger partial charge on any atom is -0.486 e. The van der Waals surface area contributed by atoms with Crippen molar-refractivity contribution in [3.05, 3.63) is 59.9 Å². The Balaban J connectivity index is 1.47. The lowest BCUT2D eigenvalue weighted by molar-refractivity contribution is 0.0925. The topological polar surface area (TPSA) is 60.7 Å². The molecule has 1 aliphatic heterocycles. The zero-order chi connectivity index (χ0) is 15.6. The maximum Gasteiger partial charge on any atom is 0.287 e. The molecule has 23 heavy (non-hydrogen) atoms. The van der Waals surface area contributed by atoms with Crippen LogP contribution in [0.1, 0.15) is 16.1 Å². The lowest BCUT2D eigenvalue weighted by atomic mass is 10.2. The molecule has 1 aromatic heterocycles. The zero-order valence-electron chi connectivity index (χ0n) is 12.4. The molecule has 1 N–H and O–H groups in total. The third kappa shape index (κ3) is 2.73. The molecule has 2 heterocycles. The molecule has 0 spiro atoms. The number of nitrogens with one attached hydrogen (secondary N) is 1. The summed E-state index contributed by atoms with van der Waals surface area (Å²) in [5.74, 6) is 1.52. The molecule has 0 atom stereocenters. The van der Waals surface area contributed by atoms with Crippen LogP contribution in [0.2, 0.25) is 0 Å². The Bertz CT molecular complexity index is 835. The Morgan fingerprint density at radius 2 is 1.83 bits per heavy atom. The molecule has 1 aliphatic rings. The summed E-state index contributed by atoms with van der Waals surface area (Å²) in [6.07, 6.45) is 0. The van der Waals surface area contributed by atoms with Crippen LogP contribution < -0.4 is 14.8 Å². The average molecular weight is 309 g/mol. The monoisotopic (exact) mass is 309 g/mol. The summed E-state index contributed by atoms with van der Waals surface area (Å²) < 4.78 is 16.6. The number of carbonyl (C=O) groups is 1. The predicted molar refractivity (Wildman–Crippen MR) is 84.8 cm³/mol. The van der Waals surface area contributed by atoms with Crippen LogP contribution in [0.4, 0.5) is 0 Å². The van der Waals surface area contributed by atoms with Crippen molar-refractivity contribution >= 4 is 16.9 Å². The van der Waals surface area contributed by atoms with Crippen LogP contribution in [0.25, 0.3) is 11.0 Å². The van der Waals surface area contributed by atoms with Gasteiger partial charge in [-0.25, -0.2) is 0 Å². The van der Waals surface area contributed by atoms with Gasteiger partial charge in [-0.05, 0) is 29.8 Å². The molecule has 0 aliphatic carbocycles. The summed E-state index contributed by atoms with van der Waals surface area (Å²) in [7, 11) is 0. The second-order valence-electron chi connectivity index (χ2n) is 5.31. The van der Waals surface area contributed by atoms with Gasteiger partial charge < -0.3 is 19.2 Å². The Morgan fingerprint density at radius 3 is 2.70 bits per heavy atom. The van der Waals surface area contributed by atoms with E-state index in [1.54, 1.807) is 6.07 Å². The summed E-state index contributed by atoms with van der Waals surface area (Å²) in [4.78, 5) is 12.2. The van der Waals surface area contributed by atoms with Crippen molar-refractivity contribution in [2.45, 2.75) is 6.54 Å². The maximum absolute atomic E-state index is 12.2. The first-order valence-electron chi connectivity index (χ1n) is 7.45. The van der Waals surface area contributed by atoms with E-state index in [2.05, 4.69) is 5.32 Å². The fourth-order valence-electron chi connectivity index (χ4n) is 2.56. The van der Waals surface area contributed by atoms with E-state index in [1.807, 2.05) is 42.5 Å². The van der Waals surface area contributed by atoms with E-state index in [0.29, 0.717) is 36.9 Å². The summed E-state index contributed by atoms with van der Waals surface area (Å²) in [6.45, 7) is 1.50. The first-order valence-corrected chi connectivity index (χ1v) is 7.45. The van der Waals surface area contributed by atoms with Crippen molar-refractivity contribution in [3.63, 3.8) is 0 Å². The molecule has 4 rings (SSSR count). The summed E-state index contributed by atoms with van der Waals surface area (Å²) in [6, 6.07) is 14.9. The highest BCUT2D eigenvalue weighted by Gasteiger charge is 2.14. The second kappa shape index (κ2) is 5.68. The van der Waals surface area contributed by atoms with E-state index < -0.39 is 0 Å². The molecule has 0 bridgehead atoms. The molecule has 0 fully saturated rings. The van der Waals surface area contributed by atoms with Gasteiger partial charge in [0.25, 0.3) is 5.91 Å². The molecule has 3 aromatic rings. The molecule has 116 valence electrons. The highest BCUT2D eigenvalue weighted by atomic mass is 16.6. The molecular formula is C18H15NO4. The van der Waals surface area contributed by atoms with Crippen molar-refractivity contribution in [3.8, 4) is 11.5 Å². The molecule has 2 aromatic carbocycles. The van der Waals surface area contributed by atoms with Crippen molar-refractivity contribution in [2.24, 2.45) is 0 Å². The molecule has 0 unspecified atom stereocenters. The highest BCUT2D eigenvalue weighted by Crippen LogP contribution is 2.30. The van der Waals surface area contributed by atoms with E-state index in [4.69, 9.17) is 13.9 Å². The number of carbonyl (C=O) groups excluding carboxylic acids is 1. The number of hydrogen-bond donors (Lipinski definition) is 1. The molecule has 0 radical (unpaired) electrons. The van der Waals surface area contributed by atoms with Gasteiger partial charge in [0.05, 0.1) is 0 Å². The van der Waals surface area contributed by atoms with Gasteiger partial charge in [-0.3, -0.25) is 4.79 Å². The summed E-state index contributed by atoms with van der Waals surface area (Å²) in [5.41, 5.74) is 1.65. The van der Waals surface area contributed by atoms with Crippen molar-refractivity contribution in [2.75, 3.05) is 13.2 Å². The SMILES string of the molecule is O=C(NCc1ccc2c(c1)OCCO2)c1cc2ccccc2o1. The van der Waals surface area contributed by atoms with E-state index in [0.717, 1.165) is 16.7 Å². The first-order chi connectivity index (χ1) is 11.3. The van der Waals surface area contributed by atoms with Crippen LogP contribution in [0.3, 0.4) is 0 Å². The second-order valence-corrected chi connectivity index (χ2v) is 5.31. The number of ether oxygens (including phenoxy) is 2. The smallest absolute Gasteiger partial charge is 0.287 e. The van der Waals surface area contributed by atoms with Gasteiger partial charge in [-0.2, -0.15) is 0 Å². The van der Waals surface area contributed by atoms with E-state index in [1.165, 1.54) is 0 Å². The standard InChI is InChI=1S/C18H15NO4/c20-18(17-10-13-3-1-2-4-14(13)23-17)19-11-12-5-6-15-16(9-12)22-8-7-21-15/h1-6,9-10H,7-8,11H2,(H,19,20). The fraction of sp³-hybridized carbons (Fsp3) is 0.167. The number of furan rings is 1. The summed E-state index contributed by atoms with van der Waals surface area (Å²) >= 11 is 0. The lowest BCUT2D eigenvalue weighted by Gasteiger charge is -2.18. The van der Waals surface area contributed by atoms with Gasteiger partial charge in [0.15, 0.2) is 17.3 Å². The van der Waals surface area contributed by atoms with E-state index in [9.17, 15) is 4.79 Å². The Labute approximate surface area is 132 Å². The molecule has 1 amide bonds. The van der Waals surface area contributed by atoms with Gasteiger partial charge in [-0.15, -0.1) is 0 Å². The molecule has 5 heteroatoms. The van der Waals surface area contributed by atoms with Crippen molar-refractivity contribution < 1.29 is 18.7 Å². The minimum absolute atomic E-state index is 0.240. The normalized spacial score (nSPS) is 13.0. The van der Waals surface area contributed by atoms with Gasteiger partial charge in [0, 0.05) is 11.9 Å². The number of amides is 1. The number of para-hydroxylation sites is 1. The number of rotatable bonds is 3. The zero-order valence-corrected chi connectivity index (χ0v) is 12.4. The van der Waals surface area contributed by atoms with Crippen LogP contribution in [-0.4, -0.2) is 19.1 Å². The average Bonchev–Trinajstić information content (AvgIpc) is 3.04. The van der Waals surface area contributed by atoms with Crippen LogP contribution in [0.5, 0.6) is 11.5 Å². The van der Waals surface area contributed by atoms with E-state index in [-0.39, 0.29) is 5.91 Å². The molecule has 5 nitrogen and oxygen atoms in total. The van der Waals surface area contributed by atoms with Crippen LogP contribution in [0, 0.1) is 0 Å². The highest BCUT2D eigenvalue weighted by molar-refractivity contribution is 5.96. The van der Waals surface area contributed by atoms with Gasteiger partial charge in [0.1, 0.15) is 18.8 Å². The Kier molecular flexibility index (Phi) is 3.38. The fourth-order valence-corrected chi connectivity index (χ4v) is 2.56. The third-order valence-corrected chi connectivity index (χ3v) is 3.71. The summed E-state index contributed by atoms with van der Waals surface area (Å²) in [5, 5.41) is 3.77. The number of fused-ring (bicyclic) bond motifs is 2. The van der Waals surface area contributed by atoms with Gasteiger partial charge >= 0.3 is 0 Å². The Hall–Kier alpha value is -2.95. The third-order valence-electron chi connectivity index (χ3n) is 3.71. The van der Waals surface area contributed by atoms with Crippen LogP contribution in [-0.2, 0) is 6.54 Å². The molecular weight excluding hydrogens is 294 g/mol. The maximum atomic E-state index is 12.2. The minimum atomic E-state index is -0.240. The largest absolute Gasteiger partial charge is 0.486 e. The van der Waals surface area contributed by atoms with E-state index >= 15 is 0 Å². The van der Waals surface area contributed by atoms with Crippen molar-refractivity contribution in [1.29, 1.82) is 0 Å². The number of hydrogen-bond acceptors (Lipinski definition) is 4. The van der Waals surface area contributed by atoms with Crippen LogP contribution in [0.15, 0.2) is 52.9 Å². The predicted octanol–water partition coefficient (Wildman–Crippen LogP) is 3.13. The Morgan fingerprint density at radius 1 is 1.00 bits per heavy atom. The quantitative estimate of drug-likeness (QED) is 0.807. The van der Waals surface area contributed by atoms with Gasteiger partial charge in [-0.1, -0.05) is 24.3 Å². The lowest BCUT2D eigenvalue weighted by Crippen LogP contribution is -2.22.